The molecule has 1 heterocycles. The minimum Gasteiger partial charge on any atom is -0.494 e. The van der Waals surface area contributed by atoms with Crippen LogP contribution in [0.4, 0.5) is 10.1 Å². The van der Waals surface area contributed by atoms with Crippen LogP contribution in [0.15, 0.2) is 60.0 Å². The predicted molar refractivity (Wildman–Crippen MR) is 106 cm³/mol. The van der Waals surface area contributed by atoms with Crippen molar-refractivity contribution in [2.24, 2.45) is 0 Å². The summed E-state index contributed by atoms with van der Waals surface area (Å²) < 4.78 is 24.0. The quantitative estimate of drug-likeness (QED) is 0.572. The molecular weight excluding hydrogens is 381 g/mol. The minimum atomic E-state index is -0.599. The molecule has 0 saturated heterocycles. The van der Waals surface area contributed by atoms with Crippen LogP contribution in [-0.4, -0.2) is 26.0 Å². The summed E-state index contributed by atoms with van der Waals surface area (Å²) in [6.07, 6.45) is 0. The maximum Gasteiger partial charge on any atom is 0.340 e. The van der Waals surface area contributed by atoms with Crippen molar-refractivity contribution in [3.05, 3.63) is 81.8 Å². The summed E-state index contributed by atoms with van der Waals surface area (Å²) in [6.45, 7) is -0.101. The molecule has 28 heavy (non-hydrogen) atoms. The monoisotopic (exact) mass is 399 g/mol. The molecule has 3 aromatic rings. The Morgan fingerprint density at radius 1 is 1.11 bits per heavy atom. The summed E-state index contributed by atoms with van der Waals surface area (Å²) in [5, 5.41) is 1.81. The number of ether oxygens (including phenoxy) is 2. The van der Waals surface area contributed by atoms with Crippen LogP contribution < -0.4 is 9.64 Å². The van der Waals surface area contributed by atoms with Crippen LogP contribution in [-0.2, 0) is 11.3 Å². The molecule has 5 nitrogen and oxygen atoms in total. The summed E-state index contributed by atoms with van der Waals surface area (Å²) in [7, 11) is 2.98. The third-order valence-corrected chi connectivity index (χ3v) is 4.97. The van der Waals surface area contributed by atoms with E-state index < -0.39 is 11.8 Å². The summed E-state index contributed by atoms with van der Waals surface area (Å²) in [5.41, 5.74) is 1.18. The van der Waals surface area contributed by atoms with E-state index in [0.29, 0.717) is 16.1 Å². The zero-order valence-corrected chi connectivity index (χ0v) is 16.2. The first kappa shape index (κ1) is 19.6. The van der Waals surface area contributed by atoms with Crippen molar-refractivity contribution in [2.45, 2.75) is 6.61 Å². The number of thiophene rings is 1. The molecule has 7 heteroatoms. The van der Waals surface area contributed by atoms with E-state index in [0.717, 1.165) is 0 Å². The number of halogens is 1. The number of amides is 1. The second kappa shape index (κ2) is 8.67. The van der Waals surface area contributed by atoms with Gasteiger partial charge in [0.15, 0.2) is 11.6 Å². The number of methoxy groups -OCH3 is 1. The number of rotatable bonds is 6. The Bertz CT molecular complexity index is 988. The molecule has 0 saturated carbocycles. The van der Waals surface area contributed by atoms with Gasteiger partial charge in [-0.15, -0.1) is 11.3 Å². The molecule has 0 aliphatic heterocycles. The lowest BCUT2D eigenvalue weighted by molar-refractivity contribution is 0.0473. The average molecular weight is 399 g/mol. The molecule has 2 aromatic carbocycles. The lowest BCUT2D eigenvalue weighted by Gasteiger charge is -2.19. The fourth-order valence-electron chi connectivity index (χ4n) is 2.64. The summed E-state index contributed by atoms with van der Waals surface area (Å²) in [5.74, 6) is -1.23. The van der Waals surface area contributed by atoms with Crippen molar-refractivity contribution in [1.82, 2.24) is 0 Å². The molecule has 0 atom stereocenters. The Labute approximate surface area is 165 Å². The van der Waals surface area contributed by atoms with Crippen LogP contribution in [0.5, 0.6) is 5.75 Å². The highest BCUT2D eigenvalue weighted by atomic mass is 32.1. The van der Waals surface area contributed by atoms with Crippen molar-refractivity contribution in [2.75, 3.05) is 19.1 Å². The standard InChI is InChI=1S/C21H18FNO4S/c1-23(20(24)19-8-5-11-28-19)17-7-4-3-6-15(17)21(25)27-13-14-9-10-18(26-2)16(22)12-14/h3-12H,13H2,1-2H3. The Morgan fingerprint density at radius 2 is 1.89 bits per heavy atom. The molecule has 0 aliphatic rings. The first-order valence-electron chi connectivity index (χ1n) is 8.41. The Balaban J connectivity index is 1.75. The van der Waals surface area contributed by atoms with Gasteiger partial charge in [-0.1, -0.05) is 24.3 Å². The van der Waals surface area contributed by atoms with Gasteiger partial charge in [-0.2, -0.15) is 0 Å². The maximum atomic E-state index is 13.8. The SMILES string of the molecule is COc1ccc(COC(=O)c2ccccc2N(C)C(=O)c2cccs2)cc1F. The zero-order chi connectivity index (χ0) is 20.1. The number of anilines is 1. The lowest BCUT2D eigenvalue weighted by atomic mass is 10.1. The molecule has 0 spiro atoms. The van der Waals surface area contributed by atoms with E-state index >= 15 is 0 Å². The number of hydrogen-bond donors (Lipinski definition) is 0. The van der Waals surface area contributed by atoms with E-state index in [1.807, 2.05) is 5.38 Å². The van der Waals surface area contributed by atoms with E-state index in [4.69, 9.17) is 9.47 Å². The van der Waals surface area contributed by atoms with Crippen LogP contribution in [0.1, 0.15) is 25.6 Å². The summed E-state index contributed by atoms with van der Waals surface area (Å²) >= 11 is 1.33. The van der Waals surface area contributed by atoms with E-state index in [-0.39, 0.29) is 23.8 Å². The van der Waals surface area contributed by atoms with Crippen LogP contribution in [0.25, 0.3) is 0 Å². The molecular formula is C21H18FNO4S. The van der Waals surface area contributed by atoms with Crippen LogP contribution in [0.3, 0.4) is 0 Å². The van der Waals surface area contributed by atoms with Gasteiger partial charge in [0.1, 0.15) is 6.61 Å². The normalized spacial score (nSPS) is 10.4. The molecule has 144 valence electrons. The topological polar surface area (TPSA) is 55.8 Å². The fourth-order valence-corrected chi connectivity index (χ4v) is 3.34. The number of carbonyl (C=O) groups excluding carboxylic acids is 2. The molecule has 0 aliphatic carbocycles. The van der Waals surface area contributed by atoms with Crippen molar-refractivity contribution in [3.8, 4) is 5.75 Å². The highest BCUT2D eigenvalue weighted by molar-refractivity contribution is 7.12. The van der Waals surface area contributed by atoms with E-state index in [1.165, 1.54) is 35.5 Å². The summed E-state index contributed by atoms with van der Waals surface area (Å²) in [4.78, 5) is 27.2. The van der Waals surface area contributed by atoms with Crippen LogP contribution >= 0.6 is 11.3 Å². The molecule has 0 unspecified atom stereocenters. The molecule has 0 bridgehead atoms. The van der Waals surface area contributed by atoms with E-state index in [2.05, 4.69) is 0 Å². The summed E-state index contributed by atoms with van der Waals surface area (Å²) in [6, 6.07) is 14.6. The van der Waals surface area contributed by atoms with Crippen molar-refractivity contribution in [3.63, 3.8) is 0 Å². The molecule has 1 aromatic heterocycles. The second-order valence-corrected chi connectivity index (χ2v) is 6.85. The van der Waals surface area contributed by atoms with Gasteiger partial charge in [0.05, 0.1) is 23.2 Å². The van der Waals surface area contributed by atoms with E-state index in [9.17, 15) is 14.0 Å². The minimum absolute atomic E-state index is 0.101. The van der Waals surface area contributed by atoms with Crippen LogP contribution in [0.2, 0.25) is 0 Å². The predicted octanol–water partition coefficient (Wildman–Crippen LogP) is 4.53. The largest absolute Gasteiger partial charge is 0.494 e. The van der Waals surface area contributed by atoms with Gasteiger partial charge in [0.2, 0.25) is 0 Å². The van der Waals surface area contributed by atoms with Gasteiger partial charge >= 0.3 is 5.97 Å². The number of carbonyl (C=O) groups is 2. The number of hydrogen-bond acceptors (Lipinski definition) is 5. The van der Waals surface area contributed by atoms with E-state index in [1.54, 1.807) is 49.5 Å². The Kier molecular flexibility index (Phi) is 6.06. The zero-order valence-electron chi connectivity index (χ0n) is 15.3. The van der Waals surface area contributed by atoms with Crippen LogP contribution in [0, 0.1) is 5.82 Å². The number of esters is 1. The highest BCUT2D eigenvalue weighted by Crippen LogP contribution is 2.24. The number of nitrogens with zero attached hydrogens (tertiary/aromatic N) is 1. The fraction of sp³-hybridized carbons (Fsp3) is 0.143. The maximum absolute atomic E-state index is 13.8. The number of para-hydroxylation sites is 1. The van der Waals surface area contributed by atoms with Crippen molar-refractivity contribution >= 4 is 28.9 Å². The first-order chi connectivity index (χ1) is 13.5. The van der Waals surface area contributed by atoms with Gasteiger partial charge in [-0.25, -0.2) is 9.18 Å². The Morgan fingerprint density at radius 3 is 2.57 bits per heavy atom. The first-order valence-corrected chi connectivity index (χ1v) is 9.29. The lowest BCUT2D eigenvalue weighted by Crippen LogP contribution is -2.27. The second-order valence-electron chi connectivity index (χ2n) is 5.90. The van der Waals surface area contributed by atoms with Gasteiger partial charge in [0, 0.05) is 7.05 Å². The smallest absolute Gasteiger partial charge is 0.340 e. The molecule has 0 radical (unpaired) electrons. The average Bonchev–Trinajstić information content (AvgIpc) is 3.26. The van der Waals surface area contributed by atoms with Gasteiger partial charge in [0.25, 0.3) is 5.91 Å². The highest BCUT2D eigenvalue weighted by Gasteiger charge is 2.21. The third-order valence-electron chi connectivity index (χ3n) is 4.11. The molecule has 3 rings (SSSR count). The van der Waals surface area contributed by atoms with Gasteiger partial charge < -0.3 is 14.4 Å². The number of benzene rings is 2. The molecule has 1 amide bonds. The van der Waals surface area contributed by atoms with Gasteiger partial charge in [-0.05, 0) is 41.3 Å². The van der Waals surface area contributed by atoms with Gasteiger partial charge in [-0.3, -0.25) is 4.79 Å². The molecule has 0 fully saturated rings. The third kappa shape index (κ3) is 4.20. The van der Waals surface area contributed by atoms with Crippen molar-refractivity contribution in [1.29, 1.82) is 0 Å². The Hall–Kier alpha value is -3.19. The van der Waals surface area contributed by atoms with Crippen molar-refractivity contribution < 1.29 is 23.5 Å². The molecule has 0 N–H and O–H groups in total.